The minimum Gasteiger partial charge on any atom is -0.374 e. The first kappa shape index (κ1) is 22.0. The molecule has 0 bridgehead atoms. The van der Waals surface area contributed by atoms with E-state index < -0.39 is 7.32 Å². The van der Waals surface area contributed by atoms with Crippen LogP contribution in [-0.4, -0.2) is 34.1 Å². The summed E-state index contributed by atoms with van der Waals surface area (Å²) in [4.78, 5) is 0. The van der Waals surface area contributed by atoms with Gasteiger partial charge >= 0.3 is 7.32 Å². The average Bonchev–Trinajstić information content (AvgIpc) is 2.36. The normalized spacial score (nSPS) is 18.9. The SMILES string of the molecule is CCC(C)SC(C)OB(OC(C)S)OC(C)SC(C)CC. The highest BCUT2D eigenvalue weighted by atomic mass is 32.2. The van der Waals surface area contributed by atoms with E-state index in [4.69, 9.17) is 14.0 Å². The molecule has 0 radical (unpaired) electrons. The molecule has 0 heterocycles. The summed E-state index contributed by atoms with van der Waals surface area (Å²) in [6, 6.07) is 0. The molecule has 0 aliphatic heterocycles. The summed E-state index contributed by atoms with van der Waals surface area (Å²) in [5, 5.41) is 1.11. The van der Waals surface area contributed by atoms with Crippen molar-refractivity contribution in [1.29, 1.82) is 0 Å². The molecule has 0 spiro atoms. The van der Waals surface area contributed by atoms with Crippen LogP contribution in [0.15, 0.2) is 0 Å². The van der Waals surface area contributed by atoms with Crippen molar-refractivity contribution < 1.29 is 14.0 Å². The minimum absolute atomic E-state index is 0.0258. The van der Waals surface area contributed by atoms with Gasteiger partial charge in [-0.05, 0) is 33.6 Å². The Labute approximate surface area is 145 Å². The maximum Gasteiger partial charge on any atom is 0.641 e. The molecule has 5 atom stereocenters. The molecule has 7 heteroatoms. The van der Waals surface area contributed by atoms with Crippen LogP contribution in [0.25, 0.3) is 0 Å². The van der Waals surface area contributed by atoms with E-state index in [2.05, 4.69) is 40.3 Å². The Morgan fingerprint density at radius 2 is 1.19 bits per heavy atom. The second-order valence-electron chi connectivity index (χ2n) is 5.14. The van der Waals surface area contributed by atoms with Gasteiger partial charge in [0, 0.05) is 10.5 Å². The molecule has 5 unspecified atom stereocenters. The van der Waals surface area contributed by atoms with Crippen molar-refractivity contribution in [3.05, 3.63) is 0 Å². The second-order valence-corrected chi connectivity index (χ2v) is 9.35. The standard InChI is InChI=1S/C14H31BO3S3/c1-8-10(3)20-13(6)17-15(16-12(5)19)18-14(7)21-11(4)9-2/h10-14,19H,8-9H2,1-7H3. The molecule has 0 aromatic carbocycles. The number of rotatable bonds is 12. The van der Waals surface area contributed by atoms with E-state index in [1.807, 2.05) is 20.8 Å². The van der Waals surface area contributed by atoms with E-state index in [1.165, 1.54) is 0 Å². The van der Waals surface area contributed by atoms with Crippen molar-refractivity contribution in [2.24, 2.45) is 0 Å². The number of thioether (sulfide) groups is 2. The van der Waals surface area contributed by atoms with Crippen LogP contribution in [0.3, 0.4) is 0 Å². The molecule has 0 aliphatic carbocycles. The molecule has 0 saturated heterocycles. The average molecular weight is 354 g/mol. The maximum absolute atomic E-state index is 5.88. The second kappa shape index (κ2) is 12.4. The lowest BCUT2D eigenvalue weighted by molar-refractivity contribution is 0.0811. The molecule has 0 aliphatic rings. The van der Waals surface area contributed by atoms with Gasteiger partial charge in [-0.15, -0.1) is 36.2 Å². The Morgan fingerprint density at radius 1 is 0.810 bits per heavy atom. The highest BCUT2D eigenvalue weighted by molar-refractivity contribution is 8.00. The van der Waals surface area contributed by atoms with Crippen molar-refractivity contribution in [3.8, 4) is 0 Å². The predicted molar refractivity (Wildman–Crippen MR) is 101 cm³/mol. The summed E-state index contributed by atoms with van der Waals surface area (Å²) in [5.41, 5.74) is -0.174. The van der Waals surface area contributed by atoms with Crippen LogP contribution < -0.4 is 0 Å². The first-order chi connectivity index (χ1) is 9.78. The van der Waals surface area contributed by atoms with Crippen LogP contribution >= 0.6 is 36.2 Å². The molecule has 0 fully saturated rings. The van der Waals surface area contributed by atoms with Gasteiger partial charge in [-0.1, -0.05) is 27.7 Å². The smallest absolute Gasteiger partial charge is 0.374 e. The van der Waals surface area contributed by atoms with Crippen molar-refractivity contribution >= 4 is 43.5 Å². The van der Waals surface area contributed by atoms with Crippen LogP contribution in [0.2, 0.25) is 0 Å². The van der Waals surface area contributed by atoms with Gasteiger partial charge in [-0.2, -0.15) is 0 Å². The van der Waals surface area contributed by atoms with Gasteiger partial charge in [0.15, 0.2) is 0 Å². The lowest BCUT2D eigenvalue weighted by atomic mass is 10.2. The Bertz CT molecular complexity index is 240. The zero-order chi connectivity index (χ0) is 16.4. The van der Waals surface area contributed by atoms with E-state index >= 15 is 0 Å². The first-order valence-electron chi connectivity index (χ1n) is 7.73. The molecule has 0 amide bonds. The van der Waals surface area contributed by atoms with E-state index in [0.717, 1.165) is 12.8 Å². The fourth-order valence-electron chi connectivity index (χ4n) is 1.48. The topological polar surface area (TPSA) is 27.7 Å². The van der Waals surface area contributed by atoms with Gasteiger partial charge in [0.1, 0.15) is 0 Å². The first-order valence-corrected chi connectivity index (χ1v) is 10.1. The van der Waals surface area contributed by atoms with Gasteiger partial charge < -0.3 is 14.0 Å². The Hall–Kier alpha value is 0.995. The van der Waals surface area contributed by atoms with Crippen molar-refractivity contribution in [1.82, 2.24) is 0 Å². The van der Waals surface area contributed by atoms with Crippen LogP contribution in [0.1, 0.15) is 61.3 Å². The molecule has 0 N–H and O–H groups in total. The van der Waals surface area contributed by atoms with E-state index in [9.17, 15) is 0 Å². The molecular weight excluding hydrogens is 323 g/mol. The third kappa shape index (κ3) is 12.1. The molecule has 0 aromatic rings. The molecular formula is C14H31BO3S3. The van der Waals surface area contributed by atoms with E-state index in [1.54, 1.807) is 23.5 Å². The van der Waals surface area contributed by atoms with Gasteiger partial charge in [0.05, 0.1) is 16.3 Å². The summed E-state index contributed by atoms with van der Waals surface area (Å²) >= 11 is 7.84. The van der Waals surface area contributed by atoms with E-state index in [0.29, 0.717) is 10.5 Å². The Kier molecular flexibility index (Phi) is 13.0. The Balaban J connectivity index is 4.36. The van der Waals surface area contributed by atoms with Crippen LogP contribution in [-0.2, 0) is 14.0 Å². The predicted octanol–water partition coefficient (Wildman–Crippen LogP) is 5.05. The zero-order valence-corrected chi connectivity index (χ0v) is 16.9. The summed E-state index contributed by atoms with van der Waals surface area (Å²) in [7, 11) is -0.671. The summed E-state index contributed by atoms with van der Waals surface area (Å²) < 4.78 is 17.4. The molecule has 126 valence electrons. The largest absolute Gasteiger partial charge is 0.641 e. The van der Waals surface area contributed by atoms with Crippen molar-refractivity contribution in [3.63, 3.8) is 0 Å². The zero-order valence-electron chi connectivity index (χ0n) is 14.4. The number of thiol groups is 1. The maximum atomic E-state index is 5.88. The fraction of sp³-hybridized carbons (Fsp3) is 1.00. The molecule has 21 heavy (non-hydrogen) atoms. The highest BCUT2D eigenvalue weighted by Gasteiger charge is 2.29. The molecule has 0 aromatic heterocycles. The monoisotopic (exact) mass is 354 g/mol. The van der Waals surface area contributed by atoms with Gasteiger partial charge in [-0.3, -0.25) is 0 Å². The molecule has 3 nitrogen and oxygen atoms in total. The lowest BCUT2D eigenvalue weighted by Crippen LogP contribution is -2.35. The summed E-state index contributed by atoms with van der Waals surface area (Å²) in [6.07, 6.45) is 2.24. The van der Waals surface area contributed by atoms with Crippen molar-refractivity contribution in [2.75, 3.05) is 0 Å². The fourth-order valence-corrected chi connectivity index (χ4v) is 3.58. The highest BCUT2D eigenvalue weighted by Crippen LogP contribution is 2.25. The number of hydrogen-bond donors (Lipinski definition) is 1. The summed E-state index contributed by atoms with van der Waals surface area (Å²) in [5.74, 6) is 0. The summed E-state index contributed by atoms with van der Waals surface area (Å²) in [6.45, 7) is 14.7. The van der Waals surface area contributed by atoms with Gasteiger partial charge in [-0.25, -0.2) is 0 Å². The third-order valence-electron chi connectivity index (χ3n) is 2.91. The van der Waals surface area contributed by atoms with E-state index in [-0.39, 0.29) is 16.3 Å². The van der Waals surface area contributed by atoms with Crippen molar-refractivity contribution in [2.45, 2.75) is 88.1 Å². The van der Waals surface area contributed by atoms with Gasteiger partial charge in [0.25, 0.3) is 0 Å². The number of hydrogen-bond acceptors (Lipinski definition) is 6. The van der Waals surface area contributed by atoms with Crippen LogP contribution in [0.5, 0.6) is 0 Å². The molecule has 0 rings (SSSR count). The third-order valence-corrected chi connectivity index (χ3v) is 5.62. The minimum atomic E-state index is -0.671. The van der Waals surface area contributed by atoms with Crippen LogP contribution in [0, 0.1) is 0 Å². The van der Waals surface area contributed by atoms with Crippen LogP contribution in [0.4, 0.5) is 0 Å². The quantitative estimate of drug-likeness (QED) is 0.301. The van der Waals surface area contributed by atoms with Gasteiger partial charge in [0.2, 0.25) is 0 Å². The lowest BCUT2D eigenvalue weighted by Gasteiger charge is -2.25. The molecule has 0 saturated carbocycles. The Morgan fingerprint density at radius 3 is 1.48 bits per heavy atom.